The highest BCUT2D eigenvalue weighted by Crippen LogP contribution is 2.40. The van der Waals surface area contributed by atoms with Crippen molar-refractivity contribution >= 4 is 5.97 Å². The van der Waals surface area contributed by atoms with Gasteiger partial charge in [-0.2, -0.15) is 0 Å². The lowest BCUT2D eigenvalue weighted by molar-refractivity contribution is -0.145. The molecule has 1 aromatic heterocycles. The number of esters is 1. The molecule has 2 aliphatic carbocycles. The van der Waals surface area contributed by atoms with Gasteiger partial charge in [0.15, 0.2) is 5.82 Å². The van der Waals surface area contributed by atoms with Gasteiger partial charge in [0.05, 0.1) is 19.1 Å². The van der Waals surface area contributed by atoms with Crippen molar-refractivity contribution in [2.24, 2.45) is 5.92 Å². The van der Waals surface area contributed by atoms with Crippen molar-refractivity contribution in [3.8, 4) is 17.1 Å². The third-order valence-electron chi connectivity index (χ3n) is 6.98. The average molecular weight is 466 g/mol. The Balaban J connectivity index is 1.38. The molecular weight excluding hydrogens is 437 g/mol. The summed E-state index contributed by atoms with van der Waals surface area (Å²) in [6.45, 7) is 0.549. The minimum absolute atomic E-state index is 0.0294. The quantitative estimate of drug-likeness (QED) is 0.489. The van der Waals surface area contributed by atoms with Crippen LogP contribution in [0.3, 0.4) is 0 Å². The number of ether oxygens (including phenoxy) is 2. The topological polar surface area (TPSA) is 102 Å². The molecular formula is C25H28FN5O3. The fourth-order valence-corrected chi connectivity index (χ4v) is 4.87. The second-order valence-electron chi connectivity index (χ2n) is 9.08. The van der Waals surface area contributed by atoms with Gasteiger partial charge in [0.1, 0.15) is 11.6 Å². The molecule has 0 amide bonds. The molecule has 2 aromatic carbocycles. The van der Waals surface area contributed by atoms with Gasteiger partial charge in [0, 0.05) is 29.6 Å². The van der Waals surface area contributed by atoms with Crippen molar-refractivity contribution in [1.29, 1.82) is 0 Å². The Labute approximate surface area is 197 Å². The van der Waals surface area contributed by atoms with Gasteiger partial charge in [-0.25, -0.2) is 9.49 Å². The van der Waals surface area contributed by atoms with E-state index < -0.39 is 0 Å². The smallest absolute Gasteiger partial charge is 0.308 e. The van der Waals surface area contributed by atoms with E-state index in [1.54, 1.807) is 12.1 Å². The summed E-state index contributed by atoms with van der Waals surface area (Å²) in [7, 11) is 1.42. The first-order valence-electron chi connectivity index (χ1n) is 11.7. The summed E-state index contributed by atoms with van der Waals surface area (Å²) in [5.74, 6) is 0.830. The van der Waals surface area contributed by atoms with E-state index in [2.05, 4.69) is 25.9 Å². The summed E-state index contributed by atoms with van der Waals surface area (Å²) in [5.41, 5.74) is 2.88. The number of carbonyl (C=O) groups excluding carboxylic acids is 1. The number of benzene rings is 2. The molecule has 34 heavy (non-hydrogen) atoms. The van der Waals surface area contributed by atoms with Crippen molar-refractivity contribution < 1.29 is 18.7 Å². The molecule has 3 aromatic rings. The molecule has 2 fully saturated rings. The molecule has 5 rings (SSSR count). The largest absolute Gasteiger partial charge is 0.490 e. The number of nitrogens with zero attached hydrogens (tertiary/aromatic N) is 3. The molecule has 1 heterocycles. The van der Waals surface area contributed by atoms with Gasteiger partial charge < -0.3 is 14.8 Å². The third-order valence-corrected chi connectivity index (χ3v) is 6.98. The van der Waals surface area contributed by atoms with E-state index in [-0.39, 0.29) is 35.8 Å². The highest BCUT2D eigenvalue weighted by molar-refractivity contribution is 5.73. The number of H-pyrrole nitrogens is 1. The minimum Gasteiger partial charge on any atom is -0.490 e. The van der Waals surface area contributed by atoms with Crippen LogP contribution in [0.15, 0.2) is 42.5 Å². The minimum atomic E-state index is -0.271. The number of nitrogens with one attached hydrogen (secondary N) is 2. The van der Waals surface area contributed by atoms with Gasteiger partial charge in [0.25, 0.3) is 0 Å². The zero-order valence-electron chi connectivity index (χ0n) is 19.0. The average Bonchev–Trinajstić information content (AvgIpc) is 3.51. The van der Waals surface area contributed by atoms with Gasteiger partial charge in [-0.15, -0.1) is 5.10 Å². The molecule has 8 nitrogen and oxygen atoms in total. The SMILES string of the molecule is COC(=O)[C@H]1CC(NCc2cc(-c3nnn[nH]3)ccc2OC2CCC2)C(c2ccc(F)cc2)C1. The number of methoxy groups -OCH3 is 1. The fraction of sp³-hybridized carbons (Fsp3) is 0.440. The Hall–Kier alpha value is -3.33. The van der Waals surface area contributed by atoms with Crippen LogP contribution >= 0.6 is 0 Å². The Bertz CT molecular complexity index is 1120. The number of tetrazole rings is 1. The van der Waals surface area contributed by atoms with E-state index in [1.165, 1.54) is 25.7 Å². The van der Waals surface area contributed by atoms with E-state index in [9.17, 15) is 9.18 Å². The number of halogens is 1. The predicted octanol–water partition coefficient (Wildman–Crippen LogP) is 3.76. The molecule has 2 N–H and O–H groups in total. The lowest BCUT2D eigenvalue weighted by atomic mass is 9.93. The highest BCUT2D eigenvalue weighted by Gasteiger charge is 2.39. The Morgan fingerprint density at radius 1 is 1.18 bits per heavy atom. The second-order valence-corrected chi connectivity index (χ2v) is 9.08. The van der Waals surface area contributed by atoms with E-state index in [0.29, 0.717) is 25.2 Å². The van der Waals surface area contributed by atoms with Crippen molar-refractivity contribution in [3.05, 3.63) is 59.4 Å². The Morgan fingerprint density at radius 2 is 2.00 bits per heavy atom. The van der Waals surface area contributed by atoms with Crippen LogP contribution in [0.4, 0.5) is 4.39 Å². The monoisotopic (exact) mass is 465 g/mol. The molecule has 0 radical (unpaired) electrons. The second kappa shape index (κ2) is 9.89. The molecule has 9 heteroatoms. The van der Waals surface area contributed by atoms with Gasteiger partial charge in [-0.05, 0) is 78.4 Å². The normalized spacial score (nSPS) is 22.4. The first-order valence-corrected chi connectivity index (χ1v) is 11.7. The van der Waals surface area contributed by atoms with E-state index in [0.717, 1.165) is 35.3 Å². The van der Waals surface area contributed by atoms with E-state index in [1.807, 2.05) is 18.2 Å². The van der Waals surface area contributed by atoms with E-state index >= 15 is 0 Å². The zero-order chi connectivity index (χ0) is 23.5. The number of aromatic amines is 1. The molecule has 0 bridgehead atoms. The van der Waals surface area contributed by atoms with Crippen LogP contribution in [0.25, 0.3) is 11.4 Å². The maximum atomic E-state index is 13.5. The molecule has 178 valence electrons. The standard InChI is InChI=1S/C25H28FN5O3/c1-33-25(32)17-12-21(15-5-8-19(26)9-6-15)22(13-17)27-14-18-11-16(24-28-30-31-29-24)7-10-23(18)34-20-3-2-4-20/h5-11,17,20-22,27H,2-4,12-14H2,1H3,(H,28,29,30,31)/t17-,21?,22?/m1/s1. The lowest BCUT2D eigenvalue weighted by Crippen LogP contribution is -2.32. The molecule has 0 spiro atoms. The zero-order valence-corrected chi connectivity index (χ0v) is 19.0. The number of aromatic nitrogens is 4. The summed E-state index contributed by atoms with van der Waals surface area (Å²) >= 11 is 0. The van der Waals surface area contributed by atoms with Gasteiger partial charge in [-0.3, -0.25) is 4.79 Å². The molecule has 2 saturated carbocycles. The van der Waals surface area contributed by atoms with Crippen LogP contribution in [0.5, 0.6) is 5.75 Å². The molecule has 3 atom stereocenters. The third kappa shape index (κ3) is 4.79. The summed E-state index contributed by atoms with van der Waals surface area (Å²) in [4.78, 5) is 12.3. The maximum absolute atomic E-state index is 13.5. The molecule has 0 aliphatic heterocycles. The van der Waals surface area contributed by atoms with Crippen LogP contribution in [0.2, 0.25) is 0 Å². The van der Waals surface area contributed by atoms with Gasteiger partial charge in [-0.1, -0.05) is 12.1 Å². The van der Waals surface area contributed by atoms with Crippen molar-refractivity contribution in [2.75, 3.05) is 7.11 Å². The fourth-order valence-electron chi connectivity index (χ4n) is 4.87. The highest BCUT2D eigenvalue weighted by atomic mass is 19.1. The van der Waals surface area contributed by atoms with Crippen LogP contribution in [-0.2, 0) is 16.1 Å². The number of rotatable bonds is 8. The maximum Gasteiger partial charge on any atom is 0.308 e. The number of hydrogen-bond acceptors (Lipinski definition) is 7. The summed E-state index contributed by atoms with van der Waals surface area (Å²) in [6.07, 6.45) is 4.88. The Kier molecular flexibility index (Phi) is 6.53. The predicted molar refractivity (Wildman–Crippen MR) is 122 cm³/mol. The van der Waals surface area contributed by atoms with Crippen LogP contribution in [-0.4, -0.2) is 45.8 Å². The molecule has 0 saturated heterocycles. The summed E-state index contributed by atoms with van der Waals surface area (Å²) in [5, 5.41) is 17.8. The Morgan fingerprint density at radius 3 is 2.68 bits per heavy atom. The van der Waals surface area contributed by atoms with Crippen LogP contribution in [0, 0.1) is 11.7 Å². The molecule has 2 unspecified atom stereocenters. The first kappa shape index (κ1) is 22.5. The van der Waals surface area contributed by atoms with Gasteiger partial charge >= 0.3 is 5.97 Å². The van der Waals surface area contributed by atoms with Crippen LogP contribution in [0.1, 0.15) is 49.1 Å². The number of hydrogen-bond donors (Lipinski definition) is 2. The molecule has 2 aliphatic rings. The van der Waals surface area contributed by atoms with Crippen molar-refractivity contribution in [3.63, 3.8) is 0 Å². The van der Waals surface area contributed by atoms with Crippen molar-refractivity contribution in [2.45, 2.75) is 56.7 Å². The van der Waals surface area contributed by atoms with E-state index in [4.69, 9.17) is 9.47 Å². The van der Waals surface area contributed by atoms with Crippen LogP contribution < -0.4 is 10.1 Å². The first-order chi connectivity index (χ1) is 16.6. The lowest BCUT2D eigenvalue weighted by Gasteiger charge is -2.28. The summed E-state index contributed by atoms with van der Waals surface area (Å²) < 4.78 is 24.8. The van der Waals surface area contributed by atoms with Gasteiger partial charge in [0.2, 0.25) is 0 Å². The van der Waals surface area contributed by atoms with Crippen molar-refractivity contribution in [1.82, 2.24) is 25.9 Å². The number of carbonyl (C=O) groups is 1. The summed E-state index contributed by atoms with van der Waals surface area (Å²) in [6, 6.07) is 12.5.